The van der Waals surface area contributed by atoms with Crippen LogP contribution in [0.3, 0.4) is 0 Å². The van der Waals surface area contributed by atoms with Crippen LogP contribution < -0.4 is 4.74 Å². The predicted molar refractivity (Wildman–Crippen MR) is 78.0 cm³/mol. The van der Waals surface area contributed by atoms with Crippen molar-refractivity contribution in [3.8, 4) is 5.75 Å². The van der Waals surface area contributed by atoms with Gasteiger partial charge in [-0.15, -0.1) is 0 Å². The Morgan fingerprint density at radius 2 is 2.16 bits per heavy atom. The van der Waals surface area contributed by atoms with Gasteiger partial charge in [-0.25, -0.2) is 0 Å². The van der Waals surface area contributed by atoms with Gasteiger partial charge in [0.2, 0.25) is 0 Å². The van der Waals surface area contributed by atoms with Crippen LogP contribution in [0.5, 0.6) is 5.75 Å². The van der Waals surface area contributed by atoms with E-state index in [1.165, 1.54) is 7.11 Å². The van der Waals surface area contributed by atoms with Gasteiger partial charge in [-0.05, 0) is 45.8 Å². The van der Waals surface area contributed by atoms with Crippen molar-refractivity contribution in [2.45, 2.75) is 6.42 Å². The van der Waals surface area contributed by atoms with Crippen molar-refractivity contribution in [1.29, 1.82) is 0 Å². The highest BCUT2D eigenvalue weighted by atomic mass is 79.9. The smallest absolute Gasteiger partial charge is 0.171 e. The highest BCUT2D eigenvalue weighted by Crippen LogP contribution is 2.24. The quantitative estimate of drug-likeness (QED) is 0.792. The van der Waals surface area contributed by atoms with E-state index in [1.54, 1.807) is 30.6 Å². The number of Topliss-reactive ketones (excluding diaryl/α,β-unsaturated/α-hetero) is 1. The van der Waals surface area contributed by atoms with Gasteiger partial charge in [-0.2, -0.15) is 0 Å². The lowest BCUT2D eigenvalue weighted by atomic mass is 10.0. The minimum atomic E-state index is -0.0562. The summed E-state index contributed by atoms with van der Waals surface area (Å²) in [4.78, 5) is 16.3. The molecule has 2 rings (SSSR count). The third-order valence-electron chi connectivity index (χ3n) is 2.59. The number of benzene rings is 1. The van der Waals surface area contributed by atoms with Crippen molar-refractivity contribution in [3.05, 3.63) is 57.3 Å². The minimum absolute atomic E-state index is 0.0562. The first-order valence-corrected chi connectivity index (χ1v) is 6.73. The van der Waals surface area contributed by atoms with Gasteiger partial charge in [-0.3, -0.25) is 9.78 Å². The summed E-state index contributed by atoms with van der Waals surface area (Å²) in [5, 5.41) is 0.511. The fraction of sp³-hybridized carbons (Fsp3) is 0.143. The van der Waals surface area contributed by atoms with Crippen LogP contribution in [0.4, 0.5) is 0 Å². The number of nitrogens with zero attached hydrogens (tertiary/aromatic N) is 1. The number of carbonyl (C=O) groups is 1. The molecule has 0 atom stereocenters. The van der Waals surface area contributed by atoms with Gasteiger partial charge in [0, 0.05) is 28.3 Å². The molecular weight excluding hydrogens is 330 g/mol. The summed E-state index contributed by atoms with van der Waals surface area (Å²) in [5.74, 6) is 0.469. The number of carbonyl (C=O) groups excluding carboxylic acids is 1. The lowest BCUT2D eigenvalue weighted by molar-refractivity contribution is 0.0990. The fourth-order valence-corrected chi connectivity index (χ4v) is 2.32. The van der Waals surface area contributed by atoms with E-state index in [2.05, 4.69) is 20.9 Å². The van der Waals surface area contributed by atoms with E-state index in [-0.39, 0.29) is 12.2 Å². The molecule has 1 heterocycles. The van der Waals surface area contributed by atoms with E-state index in [9.17, 15) is 4.79 Å². The maximum absolute atomic E-state index is 12.3. The first kappa shape index (κ1) is 14.0. The number of halogens is 2. The zero-order chi connectivity index (χ0) is 13.8. The predicted octanol–water partition coefficient (Wildman–Crippen LogP) is 3.93. The molecule has 5 heteroatoms. The molecule has 0 saturated heterocycles. The molecule has 0 aliphatic heterocycles. The molecule has 0 radical (unpaired) electrons. The van der Waals surface area contributed by atoms with E-state index in [4.69, 9.17) is 16.3 Å². The molecule has 0 spiro atoms. The van der Waals surface area contributed by atoms with Crippen LogP contribution in [-0.2, 0) is 6.42 Å². The Kier molecular flexibility index (Phi) is 4.56. The molecule has 0 bridgehead atoms. The first-order valence-electron chi connectivity index (χ1n) is 5.56. The molecule has 0 saturated carbocycles. The Balaban J connectivity index is 2.27. The van der Waals surface area contributed by atoms with Crippen LogP contribution in [0.15, 0.2) is 41.1 Å². The van der Waals surface area contributed by atoms with Gasteiger partial charge in [0.05, 0.1) is 12.7 Å². The van der Waals surface area contributed by atoms with Gasteiger partial charge in [0.1, 0.15) is 5.75 Å². The molecule has 0 N–H and O–H groups in total. The number of rotatable bonds is 4. The number of hydrogen-bond acceptors (Lipinski definition) is 3. The summed E-state index contributed by atoms with van der Waals surface area (Å²) in [5.41, 5.74) is 1.32. The maximum Gasteiger partial charge on any atom is 0.171 e. The van der Waals surface area contributed by atoms with E-state index >= 15 is 0 Å². The second-order valence-electron chi connectivity index (χ2n) is 3.96. The molecular formula is C14H11BrClNO2. The molecule has 2 aromatic rings. The van der Waals surface area contributed by atoms with Crippen LogP contribution in [0, 0.1) is 0 Å². The van der Waals surface area contributed by atoms with Crippen molar-refractivity contribution >= 4 is 33.3 Å². The second-order valence-corrected chi connectivity index (χ2v) is 5.31. The third-order valence-corrected chi connectivity index (χ3v) is 3.26. The zero-order valence-corrected chi connectivity index (χ0v) is 12.5. The largest absolute Gasteiger partial charge is 0.496 e. The van der Waals surface area contributed by atoms with Crippen LogP contribution in [-0.4, -0.2) is 17.9 Å². The number of ketones is 1. The normalized spacial score (nSPS) is 10.3. The molecule has 0 unspecified atom stereocenters. The van der Waals surface area contributed by atoms with E-state index in [0.29, 0.717) is 16.3 Å². The fourth-order valence-electron chi connectivity index (χ4n) is 1.73. The number of hydrogen-bond donors (Lipinski definition) is 0. The topological polar surface area (TPSA) is 39.2 Å². The SMILES string of the molecule is COc1ccc(Cl)cc1C(=O)Cc1cncc(Br)c1. The molecule has 98 valence electrons. The highest BCUT2D eigenvalue weighted by molar-refractivity contribution is 9.10. The second kappa shape index (κ2) is 6.17. The Bertz CT molecular complexity index is 616. The minimum Gasteiger partial charge on any atom is -0.496 e. The Hall–Kier alpha value is -1.39. The van der Waals surface area contributed by atoms with Crippen LogP contribution >= 0.6 is 27.5 Å². The summed E-state index contributed by atoms with van der Waals surface area (Å²) < 4.78 is 6.02. The van der Waals surface area contributed by atoms with Crippen molar-refractivity contribution in [2.24, 2.45) is 0 Å². The molecule has 19 heavy (non-hydrogen) atoms. The number of aromatic nitrogens is 1. The number of pyridine rings is 1. The monoisotopic (exact) mass is 339 g/mol. The molecule has 1 aromatic heterocycles. The molecule has 0 aliphatic rings. The van der Waals surface area contributed by atoms with Crippen molar-refractivity contribution in [1.82, 2.24) is 4.98 Å². The van der Waals surface area contributed by atoms with Crippen molar-refractivity contribution in [2.75, 3.05) is 7.11 Å². The van der Waals surface area contributed by atoms with Gasteiger partial charge in [-0.1, -0.05) is 11.6 Å². The summed E-state index contributed by atoms with van der Waals surface area (Å²) in [7, 11) is 1.53. The Morgan fingerprint density at radius 1 is 1.37 bits per heavy atom. The van der Waals surface area contributed by atoms with E-state index in [0.717, 1.165) is 10.0 Å². The molecule has 1 aromatic carbocycles. The maximum atomic E-state index is 12.3. The van der Waals surface area contributed by atoms with Crippen molar-refractivity contribution in [3.63, 3.8) is 0 Å². The van der Waals surface area contributed by atoms with Gasteiger partial charge in [0.15, 0.2) is 5.78 Å². The average molecular weight is 341 g/mol. The van der Waals surface area contributed by atoms with Gasteiger partial charge >= 0.3 is 0 Å². The number of ether oxygens (including phenoxy) is 1. The molecule has 0 fully saturated rings. The standard InChI is InChI=1S/C14H11BrClNO2/c1-19-14-3-2-11(16)6-12(14)13(18)5-9-4-10(15)8-17-7-9/h2-4,6-8H,5H2,1H3. The van der Waals surface area contributed by atoms with Crippen molar-refractivity contribution < 1.29 is 9.53 Å². The summed E-state index contributed by atoms with van der Waals surface area (Å²) >= 11 is 9.25. The van der Waals surface area contributed by atoms with Crippen LogP contribution in [0.25, 0.3) is 0 Å². The summed E-state index contributed by atoms with van der Waals surface area (Å²) in [6.45, 7) is 0. The Labute approximate surface area is 124 Å². The van der Waals surface area contributed by atoms with E-state index < -0.39 is 0 Å². The average Bonchev–Trinajstić information content (AvgIpc) is 2.38. The highest BCUT2D eigenvalue weighted by Gasteiger charge is 2.13. The van der Waals surface area contributed by atoms with Crippen LogP contribution in [0.2, 0.25) is 5.02 Å². The summed E-state index contributed by atoms with van der Waals surface area (Å²) in [6.07, 6.45) is 3.59. The summed E-state index contributed by atoms with van der Waals surface area (Å²) in [6, 6.07) is 6.86. The van der Waals surface area contributed by atoms with Gasteiger partial charge < -0.3 is 4.74 Å². The zero-order valence-electron chi connectivity index (χ0n) is 10.2. The van der Waals surface area contributed by atoms with Crippen LogP contribution in [0.1, 0.15) is 15.9 Å². The first-order chi connectivity index (χ1) is 9.10. The van der Waals surface area contributed by atoms with Gasteiger partial charge in [0.25, 0.3) is 0 Å². The third kappa shape index (κ3) is 3.55. The Morgan fingerprint density at radius 3 is 2.84 bits per heavy atom. The van der Waals surface area contributed by atoms with E-state index in [1.807, 2.05) is 6.07 Å². The molecule has 0 aliphatic carbocycles. The lowest BCUT2D eigenvalue weighted by Gasteiger charge is -2.08. The molecule has 3 nitrogen and oxygen atoms in total. The molecule has 0 amide bonds. The number of methoxy groups -OCH3 is 1. The lowest BCUT2D eigenvalue weighted by Crippen LogP contribution is -2.06.